The van der Waals surface area contributed by atoms with Crippen LogP contribution in [0.3, 0.4) is 0 Å². The van der Waals surface area contributed by atoms with E-state index < -0.39 is 5.54 Å². The lowest BCUT2D eigenvalue weighted by molar-refractivity contribution is 0.521. The molecule has 1 aliphatic rings. The van der Waals surface area contributed by atoms with Crippen LogP contribution in [0.5, 0.6) is 0 Å². The number of guanidine groups is 1. The van der Waals surface area contributed by atoms with Crippen LogP contribution in [-0.4, -0.2) is 17.5 Å². The van der Waals surface area contributed by atoms with E-state index in [1.54, 1.807) is 6.20 Å². The first-order valence-electron chi connectivity index (χ1n) is 6.78. The predicted molar refractivity (Wildman–Crippen MR) is 81.7 cm³/mol. The molecule has 2 heterocycles. The number of hydrogen-bond donors (Lipinski definition) is 1. The van der Waals surface area contributed by atoms with E-state index in [-0.39, 0.29) is 5.82 Å². The number of nitrogens with zero attached hydrogens (tertiary/aromatic N) is 3. The minimum absolute atomic E-state index is 0.358. The number of rotatable bonds is 2. The Morgan fingerprint density at radius 3 is 2.81 bits per heavy atom. The molecule has 2 aromatic rings. The van der Waals surface area contributed by atoms with Gasteiger partial charge in [0.15, 0.2) is 5.96 Å². The van der Waals surface area contributed by atoms with Crippen molar-refractivity contribution in [2.24, 2.45) is 10.7 Å². The maximum absolute atomic E-state index is 13.5. The lowest BCUT2D eigenvalue weighted by atomic mass is 9.91. The average molecular weight is 284 g/mol. The van der Waals surface area contributed by atoms with Gasteiger partial charge in [-0.05, 0) is 37.6 Å². The number of pyridine rings is 1. The van der Waals surface area contributed by atoms with Gasteiger partial charge in [0.2, 0.25) is 0 Å². The van der Waals surface area contributed by atoms with Crippen LogP contribution in [0.1, 0.15) is 18.1 Å². The molecule has 5 heteroatoms. The highest BCUT2D eigenvalue weighted by molar-refractivity contribution is 5.98. The number of benzene rings is 1. The first-order valence-corrected chi connectivity index (χ1v) is 6.78. The van der Waals surface area contributed by atoms with E-state index in [9.17, 15) is 4.39 Å². The molecule has 0 aliphatic carbocycles. The van der Waals surface area contributed by atoms with Crippen LogP contribution in [0, 0.1) is 12.7 Å². The molecule has 0 amide bonds. The van der Waals surface area contributed by atoms with Crippen molar-refractivity contribution >= 4 is 11.6 Å². The van der Waals surface area contributed by atoms with Crippen molar-refractivity contribution in [3.63, 3.8) is 0 Å². The summed E-state index contributed by atoms with van der Waals surface area (Å²) < 4.78 is 13.5. The van der Waals surface area contributed by atoms with Crippen molar-refractivity contribution in [1.82, 2.24) is 4.98 Å². The number of halogens is 1. The van der Waals surface area contributed by atoms with Crippen LogP contribution in [-0.2, 0) is 5.54 Å². The van der Waals surface area contributed by atoms with Gasteiger partial charge in [0.05, 0.1) is 18.3 Å². The Morgan fingerprint density at radius 2 is 2.10 bits per heavy atom. The van der Waals surface area contributed by atoms with Gasteiger partial charge in [0.1, 0.15) is 5.82 Å². The van der Waals surface area contributed by atoms with Crippen molar-refractivity contribution in [2.45, 2.75) is 19.4 Å². The molecule has 108 valence electrons. The summed E-state index contributed by atoms with van der Waals surface area (Å²) in [5.41, 5.74) is 8.37. The average Bonchev–Trinajstić information content (AvgIpc) is 2.76. The zero-order valence-electron chi connectivity index (χ0n) is 12.0. The molecule has 4 nitrogen and oxygen atoms in total. The van der Waals surface area contributed by atoms with Gasteiger partial charge in [-0.3, -0.25) is 9.98 Å². The Morgan fingerprint density at radius 1 is 1.29 bits per heavy atom. The van der Waals surface area contributed by atoms with Gasteiger partial charge in [-0.1, -0.05) is 12.1 Å². The molecule has 1 atom stereocenters. The van der Waals surface area contributed by atoms with Gasteiger partial charge >= 0.3 is 0 Å². The van der Waals surface area contributed by atoms with Crippen LogP contribution in [0.15, 0.2) is 47.7 Å². The molecule has 3 rings (SSSR count). The standard InChI is InChI=1S/C16H17FN4/c1-11-4-3-5-14(6-11)21-15(18)20-10-16(21,2)12-7-13(17)9-19-8-12/h3-9H,10H2,1-2H3,(H2,18,20). The molecule has 0 saturated heterocycles. The summed E-state index contributed by atoms with van der Waals surface area (Å²) in [7, 11) is 0. The number of anilines is 1. The van der Waals surface area contributed by atoms with Crippen LogP contribution in [0.4, 0.5) is 10.1 Å². The largest absolute Gasteiger partial charge is 0.369 e. The molecule has 2 N–H and O–H groups in total. The second kappa shape index (κ2) is 4.84. The zero-order chi connectivity index (χ0) is 15.0. The van der Waals surface area contributed by atoms with Crippen molar-refractivity contribution < 1.29 is 4.39 Å². The monoisotopic (exact) mass is 284 g/mol. The van der Waals surface area contributed by atoms with E-state index in [2.05, 4.69) is 9.98 Å². The lowest BCUT2D eigenvalue weighted by Crippen LogP contribution is -2.47. The summed E-state index contributed by atoms with van der Waals surface area (Å²) in [5.74, 6) is 0.0794. The SMILES string of the molecule is Cc1cccc(N2C(N)=NCC2(C)c2cncc(F)c2)c1. The van der Waals surface area contributed by atoms with E-state index in [0.29, 0.717) is 12.5 Å². The predicted octanol–water partition coefficient (Wildman–Crippen LogP) is 2.58. The van der Waals surface area contributed by atoms with E-state index in [1.807, 2.05) is 43.0 Å². The number of hydrogen-bond acceptors (Lipinski definition) is 4. The topological polar surface area (TPSA) is 54.5 Å². The smallest absolute Gasteiger partial charge is 0.196 e. The summed E-state index contributed by atoms with van der Waals surface area (Å²) in [5, 5.41) is 0. The second-order valence-electron chi connectivity index (χ2n) is 5.51. The van der Waals surface area contributed by atoms with Crippen LogP contribution in [0.2, 0.25) is 0 Å². The maximum atomic E-state index is 13.5. The normalized spacial score (nSPS) is 21.5. The Bertz CT molecular complexity index is 713. The first kappa shape index (κ1) is 13.5. The fraction of sp³-hybridized carbons (Fsp3) is 0.250. The highest BCUT2D eigenvalue weighted by Crippen LogP contribution is 2.36. The van der Waals surface area contributed by atoms with Crippen molar-refractivity contribution in [3.05, 3.63) is 59.7 Å². The van der Waals surface area contributed by atoms with Gasteiger partial charge in [-0.15, -0.1) is 0 Å². The summed E-state index contributed by atoms with van der Waals surface area (Å²) in [6.45, 7) is 4.49. The highest BCUT2D eigenvalue weighted by atomic mass is 19.1. The van der Waals surface area contributed by atoms with E-state index in [0.717, 1.165) is 16.8 Å². The molecule has 0 saturated carbocycles. The molecule has 0 bridgehead atoms. The van der Waals surface area contributed by atoms with E-state index in [1.165, 1.54) is 12.3 Å². The molecule has 1 aliphatic heterocycles. The zero-order valence-corrected chi connectivity index (χ0v) is 12.0. The molecule has 0 radical (unpaired) electrons. The molecule has 1 aromatic heterocycles. The minimum atomic E-state index is -0.535. The molecule has 1 unspecified atom stereocenters. The van der Waals surface area contributed by atoms with Crippen molar-refractivity contribution in [3.8, 4) is 0 Å². The third kappa shape index (κ3) is 2.24. The maximum Gasteiger partial charge on any atom is 0.196 e. The number of aliphatic imine (C=N–C) groups is 1. The first-order chi connectivity index (χ1) is 10.0. The van der Waals surface area contributed by atoms with Crippen LogP contribution >= 0.6 is 0 Å². The summed E-state index contributed by atoms with van der Waals surface area (Å²) in [6.07, 6.45) is 2.86. The van der Waals surface area contributed by atoms with Crippen LogP contribution in [0.25, 0.3) is 0 Å². The summed E-state index contributed by atoms with van der Waals surface area (Å²) >= 11 is 0. The Hall–Kier alpha value is -2.43. The van der Waals surface area contributed by atoms with Gasteiger partial charge in [0.25, 0.3) is 0 Å². The lowest BCUT2D eigenvalue weighted by Gasteiger charge is -2.36. The highest BCUT2D eigenvalue weighted by Gasteiger charge is 2.41. The molecule has 21 heavy (non-hydrogen) atoms. The Labute approximate surface area is 123 Å². The molecule has 0 fully saturated rings. The fourth-order valence-electron chi connectivity index (χ4n) is 2.74. The molecule has 0 spiro atoms. The fourth-order valence-corrected chi connectivity index (χ4v) is 2.74. The molecule has 1 aromatic carbocycles. The van der Waals surface area contributed by atoms with Crippen LogP contribution < -0.4 is 10.6 Å². The van der Waals surface area contributed by atoms with E-state index >= 15 is 0 Å². The minimum Gasteiger partial charge on any atom is -0.369 e. The summed E-state index contributed by atoms with van der Waals surface area (Å²) in [4.78, 5) is 10.2. The Balaban J connectivity index is 2.10. The van der Waals surface area contributed by atoms with E-state index in [4.69, 9.17) is 5.73 Å². The number of aryl methyl sites for hydroxylation is 1. The Kier molecular flexibility index (Phi) is 3.12. The third-order valence-corrected chi connectivity index (χ3v) is 3.86. The third-order valence-electron chi connectivity index (χ3n) is 3.86. The van der Waals surface area contributed by atoms with Crippen molar-refractivity contribution in [1.29, 1.82) is 0 Å². The van der Waals surface area contributed by atoms with Gasteiger partial charge < -0.3 is 10.6 Å². The summed E-state index contributed by atoms with van der Waals surface area (Å²) in [6, 6.07) is 9.50. The second-order valence-corrected chi connectivity index (χ2v) is 5.51. The molecular weight excluding hydrogens is 267 g/mol. The number of aromatic nitrogens is 1. The molecular formula is C16H17FN4. The van der Waals surface area contributed by atoms with Gasteiger partial charge in [-0.2, -0.15) is 0 Å². The van der Waals surface area contributed by atoms with Gasteiger partial charge in [-0.25, -0.2) is 4.39 Å². The number of nitrogens with two attached hydrogens (primary N) is 1. The van der Waals surface area contributed by atoms with Crippen molar-refractivity contribution in [2.75, 3.05) is 11.4 Å². The van der Waals surface area contributed by atoms with Gasteiger partial charge in [0, 0.05) is 17.4 Å². The quantitative estimate of drug-likeness (QED) is 0.922.